The van der Waals surface area contributed by atoms with E-state index in [1.54, 1.807) is 32.6 Å². The van der Waals surface area contributed by atoms with E-state index in [-0.39, 0.29) is 0 Å². The molecule has 1 heterocycles. The van der Waals surface area contributed by atoms with Gasteiger partial charge in [-0.2, -0.15) is 0 Å². The molecule has 0 aliphatic rings. The topological polar surface area (TPSA) is 79.3 Å². The van der Waals surface area contributed by atoms with Crippen LogP contribution in [0.2, 0.25) is 0 Å². The molecule has 2 aromatic carbocycles. The fraction of sp³-hybridized carbons (Fsp3) is 0.143. The maximum absolute atomic E-state index is 7.77. The molecule has 0 saturated heterocycles. The highest BCUT2D eigenvalue weighted by Gasteiger charge is 2.06. The lowest BCUT2D eigenvalue weighted by molar-refractivity contribution is 0.415. The maximum Gasteiger partial charge on any atom is 0.138 e. The molecule has 0 amide bonds. The van der Waals surface area contributed by atoms with Crippen LogP contribution >= 0.6 is 11.9 Å². The number of ether oxygens (including phenoxy) is 2. The SMILES string of the molecule is CN/C=C\C(=N)CNSc1ccc(Oc2ccnc3cc(OC)ccc23)cc1. The van der Waals surface area contributed by atoms with E-state index in [2.05, 4.69) is 15.0 Å². The largest absolute Gasteiger partial charge is 0.497 e. The van der Waals surface area contributed by atoms with E-state index in [4.69, 9.17) is 14.9 Å². The van der Waals surface area contributed by atoms with Crippen LogP contribution in [0.3, 0.4) is 0 Å². The quantitative estimate of drug-likeness (QED) is 0.369. The van der Waals surface area contributed by atoms with Gasteiger partial charge in [0.15, 0.2) is 0 Å². The highest BCUT2D eigenvalue weighted by atomic mass is 32.2. The smallest absolute Gasteiger partial charge is 0.138 e. The van der Waals surface area contributed by atoms with Crippen molar-refractivity contribution in [3.8, 4) is 17.2 Å². The minimum Gasteiger partial charge on any atom is -0.497 e. The fourth-order valence-corrected chi connectivity index (χ4v) is 3.13. The van der Waals surface area contributed by atoms with Gasteiger partial charge in [0.2, 0.25) is 0 Å². The summed E-state index contributed by atoms with van der Waals surface area (Å²) >= 11 is 1.48. The monoisotopic (exact) mass is 394 g/mol. The molecule has 0 fully saturated rings. The number of pyridine rings is 1. The molecule has 0 bridgehead atoms. The van der Waals surface area contributed by atoms with Gasteiger partial charge in [0.1, 0.15) is 17.2 Å². The van der Waals surface area contributed by atoms with E-state index >= 15 is 0 Å². The van der Waals surface area contributed by atoms with Crippen molar-refractivity contribution in [1.82, 2.24) is 15.0 Å². The number of hydrogen-bond acceptors (Lipinski definition) is 7. The number of methoxy groups -OCH3 is 1. The standard InChI is InChI=1S/C21H22N4O2S/c1-23-11-9-15(22)14-25-28-18-6-3-16(4-7-18)27-21-10-12-24-20-13-17(26-2)5-8-19(20)21/h3-13,22-23,25H,14H2,1-2H3/b11-9-,22-15?. The minimum absolute atomic E-state index is 0.480. The third-order valence-corrected chi connectivity index (χ3v) is 4.66. The lowest BCUT2D eigenvalue weighted by atomic mass is 10.2. The number of aromatic nitrogens is 1. The van der Waals surface area contributed by atoms with Crippen molar-refractivity contribution in [1.29, 1.82) is 5.41 Å². The first-order chi connectivity index (χ1) is 13.7. The molecule has 6 nitrogen and oxygen atoms in total. The van der Waals surface area contributed by atoms with E-state index < -0.39 is 0 Å². The van der Waals surface area contributed by atoms with Crippen LogP contribution in [0.4, 0.5) is 0 Å². The Morgan fingerprint density at radius 2 is 1.93 bits per heavy atom. The van der Waals surface area contributed by atoms with Crippen LogP contribution in [-0.4, -0.2) is 31.4 Å². The second-order valence-corrected chi connectivity index (χ2v) is 6.80. The van der Waals surface area contributed by atoms with Gasteiger partial charge in [0.05, 0.1) is 12.6 Å². The first kappa shape index (κ1) is 19.7. The normalized spacial score (nSPS) is 10.9. The number of nitrogens with one attached hydrogen (secondary N) is 3. The Hall–Kier alpha value is -3.03. The molecule has 0 unspecified atom stereocenters. The Kier molecular flexibility index (Phi) is 6.89. The molecular weight excluding hydrogens is 372 g/mol. The van der Waals surface area contributed by atoms with Crippen molar-refractivity contribution in [3.05, 3.63) is 67.0 Å². The van der Waals surface area contributed by atoms with Crippen molar-refractivity contribution in [2.75, 3.05) is 20.7 Å². The van der Waals surface area contributed by atoms with E-state index in [0.29, 0.717) is 12.3 Å². The molecule has 0 aliphatic heterocycles. The highest BCUT2D eigenvalue weighted by molar-refractivity contribution is 7.97. The van der Waals surface area contributed by atoms with Gasteiger partial charge >= 0.3 is 0 Å². The summed E-state index contributed by atoms with van der Waals surface area (Å²) in [5, 5.41) is 11.6. The third kappa shape index (κ3) is 5.25. The average Bonchev–Trinajstić information content (AvgIpc) is 2.73. The highest BCUT2D eigenvalue weighted by Crippen LogP contribution is 2.31. The Labute approximate surface area is 168 Å². The van der Waals surface area contributed by atoms with Gasteiger partial charge < -0.3 is 20.2 Å². The molecule has 0 saturated carbocycles. The summed E-state index contributed by atoms with van der Waals surface area (Å²) in [6, 6.07) is 15.4. The summed E-state index contributed by atoms with van der Waals surface area (Å²) in [7, 11) is 3.44. The van der Waals surface area contributed by atoms with Crippen LogP contribution in [-0.2, 0) is 0 Å². The molecular formula is C21H22N4O2S. The summed E-state index contributed by atoms with van der Waals surface area (Å²) in [6.07, 6.45) is 5.18. The van der Waals surface area contributed by atoms with Gasteiger partial charge in [-0.05, 0) is 66.7 Å². The van der Waals surface area contributed by atoms with Crippen LogP contribution in [0.15, 0.2) is 71.9 Å². The van der Waals surface area contributed by atoms with Gasteiger partial charge in [-0.1, -0.05) is 0 Å². The molecule has 144 valence electrons. The van der Waals surface area contributed by atoms with Gasteiger partial charge in [-0.25, -0.2) is 0 Å². The summed E-state index contributed by atoms with van der Waals surface area (Å²) in [5.74, 6) is 2.26. The molecule has 3 rings (SSSR count). The van der Waals surface area contributed by atoms with Gasteiger partial charge in [-0.3, -0.25) is 9.71 Å². The van der Waals surface area contributed by atoms with Gasteiger partial charge in [0, 0.05) is 41.8 Å². The Morgan fingerprint density at radius 3 is 2.68 bits per heavy atom. The van der Waals surface area contributed by atoms with E-state index in [1.165, 1.54) is 11.9 Å². The molecule has 0 radical (unpaired) electrons. The second-order valence-electron chi connectivity index (χ2n) is 5.84. The first-order valence-corrected chi connectivity index (χ1v) is 9.53. The molecule has 28 heavy (non-hydrogen) atoms. The second kappa shape index (κ2) is 9.77. The molecule has 3 aromatic rings. The van der Waals surface area contributed by atoms with Crippen molar-refractivity contribution in [2.24, 2.45) is 0 Å². The molecule has 0 atom stereocenters. The fourth-order valence-electron chi connectivity index (χ4n) is 2.46. The summed E-state index contributed by atoms with van der Waals surface area (Å²) < 4.78 is 14.5. The Balaban J connectivity index is 1.62. The third-order valence-electron chi connectivity index (χ3n) is 3.87. The van der Waals surface area contributed by atoms with Crippen LogP contribution in [0.1, 0.15) is 0 Å². The van der Waals surface area contributed by atoms with Crippen LogP contribution in [0, 0.1) is 5.41 Å². The predicted octanol–water partition coefficient (Wildman–Crippen LogP) is 4.39. The zero-order valence-corrected chi connectivity index (χ0v) is 16.5. The number of fused-ring (bicyclic) bond motifs is 1. The van der Waals surface area contributed by atoms with Crippen molar-refractivity contribution >= 4 is 28.6 Å². The van der Waals surface area contributed by atoms with E-state index in [0.717, 1.165) is 33.0 Å². The molecule has 1 aromatic heterocycles. The zero-order valence-electron chi connectivity index (χ0n) is 15.7. The number of rotatable bonds is 9. The summed E-state index contributed by atoms with van der Waals surface area (Å²) in [6.45, 7) is 0.480. The van der Waals surface area contributed by atoms with Crippen LogP contribution in [0.5, 0.6) is 17.2 Å². The number of nitrogens with zero attached hydrogens (tertiary/aromatic N) is 1. The zero-order chi connectivity index (χ0) is 19.8. The van der Waals surface area contributed by atoms with Crippen LogP contribution in [0.25, 0.3) is 10.9 Å². The van der Waals surface area contributed by atoms with Gasteiger partial charge in [0.25, 0.3) is 0 Å². The van der Waals surface area contributed by atoms with Crippen LogP contribution < -0.4 is 19.5 Å². The maximum atomic E-state index is 7.77. The average molecular weight is 395 g/mol. The first-order valence-electron chi connectivity index (χ1n) is 8.71. The van der Waals surface area contributed by atoms with Crippen molar-refractivity contribution in [3.63, 3.8) is 0 Å². The Bertz CT molecular complexity index is 974. The minimum atomic E-state index is 0.480. The number of benzene rings is 2. The summed E-state index contributed by atoms with van der Waals surface area (Å²) in [5.41, 5.74) is 1.32. The molecule has 0 spiro atoms. The molecule has 3 N–H and O–H groups in total. The van der Waals surface area contributed by atoms with Crippen molar-refractivity contribution < 1.29 is 9.47 Å². The molecule has 7 heteroatoms. The lowest BCUT2D eigenvalue weighted by Crippen LogP contribution is -2.14. The molecule has 0 aliphatic carbocycles. The summed E-state index contributed by atoms with van der Waals surface area (Å²) in [4.78, 5) is 5.42. The predicted molar refractivity (Wildman–Crippen MR) is 115 cm³/mol. The van der Waals surface area contributed by atoms with E-state index in [1.807, 2.05) is 48.5 Å². The lowest BCUT2D eigenvalue weighted by Gasteiger charge is -2.10. The van der Waals surface area contributed by atoms with Gasteiger partial charge in [-0.15, -0.1) is 0 Å². The Morgan fingerprint density at radius 1 is 1.14 bits per heavy atom. The van der Waals surface area contributed by atoms with E-state index in [9.17, 15) is 0 Å². The number of hydrogen-bond donors (Lipinski definition) is 3. The van der Waals surface area contributed by atoms with Crippen molar-refractivity contribution in [2.45, 2.75) is 4.90 Å².